The van der Waals surface area contributed by atoms with Gasteiger partial charge in [-0.25, -0.2) is 0 Å². The second-order valence-electron chi connectivity index (χ2n) is 6.15. The molecule has 2 saturated heterocycles. The summed E-state index contributed by atoms with van der Waals surface area (Å²) in [6.07, 6.45) is 4.34. The summed E-state index contributed by atoms with van der Waals surface area (Å²) in [7, 11) is 0. The lowest BCUT2D eigenvalue weighted by Crippen LogP contribution is -2.56. The highest BCUT2D eigenvalue weighted by molar-refractivity contribution is 5.93. The minimum atomic E-state index is -0.329. The number of likely N-dealkylation sites (tertiary alicyclic amines) is 1. The second kappa shape index (κ2) is 6.06. The zero-order valence-corrected chi connectivity index (χ0v) is 12.8. The van der Waals surface area contributed by atoms with Gasteiger partial charge in [-0.1, -0.05) is 31.5 Å². The number of amides is 1. The van der Waals surface area contributed by atoms with Crippen LogP contribution in [0.2, 0.25) is 0 Å². The average Bonchev–Trinajstić information content (AvgIpc) is 2.85. The van der Waals surface area contributed by atoms with E-state index in [-0.39, 0.29) is 11.4 Å². The van der Waals surface area contributed by atoms with E-state index in [1.165, 1.54) is 19.4 Å². The second-order valence-corrected chi connectivity index (χ2v) is 6.15. The number of hydrogen-bond donors (Lipinski definition) is 1. The van der Waals surface area contributed by atoms with E-state index >= 15 is 0 Å². The summed E-state index contributed by atoms with van der Waals surface area (Å²) in [4.78, 5) is 17.3. The number of piperidine rings is 1. The van der Waals surface area contributed by atoms with Crippen molar-refractivity contribution in [2.75, 3.05) is 31.2 Å². The summed E-state index contributed by atoms with van der Waals surface area (Å²) in [5.41, 5.74) is 0.821. The molecule has 3 rings (SSSR count). The van der Waals surface area contributed by atoms with E-state index < -0.39 is 0 Å². The van der Waals surface area contributed by atoms with Gasteiger partial charge < -0.3 is 15.1 Å². The molecule has 1 aromatic carbocycles. The lowest BCUT2D eigenvalue weighted by Gasteiger charge is -2.43. The topological polar surface area (TPSA) is 35.6 Å². The van der Waals surface area contributed by atoms with Crippen molar-refractivity contribution in [3.8, 4) is 0 Å². The highest BCUT2D eigenvalue weighted by atomic mass is 16.2. The molecule has 0 saturated carbocycles. The van der Waals surface area contributed by atoms with E-state index in [1.807, 2.05) is 18.2 Å². The number of rotatable bonds is 4. The summed E-state index contributed by atoms with van der Waals surface area (Å²) < 4.78 is 0. The summed E-state index contributed by atoms with van der Waals surface area (Å²) in [5, 5.41) is 3.06. The van der Waals surface area contributed by atoms with Crippen LogP contribution in [0.25, 0.3) is 0 Å². The van der Waals surface area contributed by atoms with Gasteiger partial charge in [0.15, 0.2) is 0 Å². The molecule has 1 amide bonds. The Morgan fingerprint density at radius 1 is 1.19 bits per heavy atom. The average molecular weight is 287 g/mol. The third kappa shape index (κ3) is 2.64. The van der Waals surface area contributed by atoms with Crippen molar-refractivity contribution >= 4 is 11.6 Å². The first-order chi connectivity index (χ1) is 10.3. The molecule has 1 spiro atoms. The lowest BCUT2D eigenvalue weighted by molar-refractivity contribution is -0.125. The van der Waals surface area contributed by atoms with Crippen molar-refractivity contribution in [1.82, 2.24) is 10.2 Å². The van der Waals surface area contributed by atoms with Gasteiger partial charge in [-0.05, 0) is 37.9 Å². The molecule has 1 N–H and O–H groups in total. The van der Waals surface area contributed by atoms with Crippen molar-refractivity contribution in [1.29, 1.82) is 0 Å². The first kappa shape index (κ1) is 14.4. The van der Waals surface area contributed by atoms with Crippen LogP contribution in [0.4, 0.5) is 5.69 Å². The summed E-state index contributed by atoms with van der Waals surface area (Å²) in [6.45, 7) is 6.08. The normalized spacial score (nSPS) is 21.8. The van der Waals surface area contributed by atoms with Gasteiger partial charge in [-0.3, -0.25) is 4.79 Å². The first-order valence-corrected chi connectivity index (χ1v) is 8.09. The molecule has 2 fully saturated rings. The third-order valence-corrected chi connectivity index (χ3v) is 4.92. The highest BCUT2D eigenvalue weighted by Gasteiger charge is 2.50. The zero-order valence-electron chi connectivity index (χ0n) is 12.8. The van der Waals surface area contributed by atoms with E-state index in [1.54, 1.807) is 0 Å². The summed E-state index contributed by atoms with van der Waals surface area (Å²) in [6, 6.07) is 10.3. The fourth-order valence-electron chi connectivity index (χ4n) is 3.56. The minimum absolute atomic E-state index is 0.210. The largest absolute Gasteiger partial charge is 0.339 e. The summed E-state index contributed by atoms with van der Waals surface area (Å²) in [5.74, 6) is 0.210. The van der Waals surface area contributed by atoms with Crippen LogP contribution in [0, 0.1) is 0 Å². The Hall–Kier alpha value is -1.55. The van der Waals surface area contributed by atoms with E-state index in [2.05, 4.69) is 34.2 Å². The third-order valence-electron chi connectivity index (χ3n) is 4.92. The lowest BCUT2D eigenvalue weighted by atomic mass is 9.85. The van der Waals surface area contributed by atoms with Crippen molar-refractivity contribution in [3.63, 3.8) is 0 Å². The molecule has 4 nitrogen and oxygen atoms in total. The number of benzene rings is 1. The van der Waals surface area contributed by atoms with Crippen LogP contribution in [-0.2, 0) is 4.79 Å². The number of nitrogens with zero attached hydrogens (tertiary/aromatic N) is 2. The van der Waals surface area contributed by atoms with E-state index in [9.17, 15) is 4.79 Å². The van der Waals surface area contributed by atoms with Crippen molar-refractivity contribution in [3.05, 3.63) is 30.3 Å². The van der Waals surface area contributed by atoms with Gasteiger partial charge in [0.2, 0.25) is 5.91 Å². The quantitative estimate of drug-likeness (QED) is 0.922. The van der Waals surface area contributed by atoms with Crippen LogP contribution >= 0.6 is 0 Å². The van der Waals surface area contributed by atoms with E-state index in [0.29, 0.717) is 6.67 Å². The fourth-order valence-corrected chi connectivity index (χ4v) is 3.56. The zero-order chi connectivity index (χ0) is 14.7. The van der Waals surface area contributed by atoms with Gasteiger partial charge in [0.1, 0.15) is 5.54 Å². The number of para-hydroxylation sites is 1. The SMILES string of the molecule is CCCCN1CCC2(CC1)C(=O)NCN2c1ccccc1. The number of unbranched alkanes of at least 4 members (excludes halogenated alkanes) is 1. The van der Waals surface area contributed by atoms with Crippen LogP contribution in [0.5, 0.6) is 0 Å². The molecule has 4 heteroatoms. The molecule has 0 radical (unpaired) electrons. The fraction of sp³-hybridized carbons (Fsp3) is 0.588. The molecule has 1 aromatic rings. The molecule has 0 atom stereocenters. The number of carbonyl (C=O) groups excluding carboxylic acids is 1. The molecule has 0 aromatic heterocycles. The maximum atomic E-state index is 12.5. The molecular formula is C17H25N3O. The molecular weight excluding hydrogens is 262 g/mol. The van der Waals surface area contributed by atoms with Crippen molar-refractivity contribution in [2.24, 2.45) is 0 Å². The van der Waals surface area contributed by atoms with Crippen LogP contribution in [0.1, 0.15) is 32.6 Å². The van der Waals surface area contributed by atoms with Gasteiger partial charge in [-0.15, -0.1) is 0 Å². The highest BCUT2D eigenvalue weighted by Crippen LogP contribution is 2.36. The van der Waals surface area contributed by atoms with Crippen molar-refractivity contribution in [2.45, 2.75) is 38.1 Å². The van der Waals surface area contributed by atoms with E-state index in [4.69, 9.17) is 0 Å². The van der Waals surface area contributed by atoms with Gasteiger partial charge in [0, 0.05) is 18.8 Å². The predicted octanol–water partition coefficient (Wildman–Crippen LogP) is 2.21. The maximum Gasteiger partial charge on any atom is 0.247 e. The Balaban J connectivity index is 1.74. The van der Waals surface area contributed by atoms with Gasteiger partial charge >= 0.3 is 0 Å². The molecule has 0 aliphatic carbocycles. The molecule has 2 aliphatic rings. The smallest absolute Gasteiger partial charge is 0.247 e. The van der Waals surface area contributed by atoms with Gasteiger partial charge in [0.25, 0.3) is 0 Å². The first-order valence-electron chi connectivity index (χ1n) is 8.09. The predicted molar refractivity (Wildman–Crippen MR) is 85.2 cm³/mol. The van der Waals surface area contributed by atoms with Crippen LogP contribution in [0.15, 0.2) is 30.3 Å². The minimum Gasteiger partial charge on any atom is -0.339 e. The number of carbonyl (C=O) groups is 1. The molecule has 21 heavy (non-hydrogen) atoms. The standard InChI is InChI=1S/C17H25N3O/c1-2-3-11-19-12-9-17(10-13-19)16(21)18-14-20(17)15-7-5-4-6-8-15/h4-8H,2-3,9-14H2,1H3,(H,18,21). The van der Waals surface area contributed by atoms with Crippen LogP contribution in [0.3, 0.4) is 0 Å². The Bertz CT molecular complexity index is 480. The number of hydrogen-bond acceptors (Lipinski definition) is 3. The number of anilines is 1. The Labute approximate surface area is 127 Å². The van der Waals surface area contributed by atoms with Crippen molar-refractivity contribution < 1.29 is 4.79 Å². The molecule has 0 bridgehead atoms. The monoisotopic (exact) mass is 287 g/mol. The van der Waals surface area contributed by atoms with Crippen LogP contribution in [-0.4, -0.2) is 42.6 Å². The maximum absolute atomic E-state index is 12.5. The molecule has 114 valence electrons. The Morgan fingerprint density at radius 3 is 2.57 bits per heavy atom. The number of nitrogens with one attached hydrogen (secondary N) is 1. The molecule has 0 unspecified atom stereocenters. The van der Waals surface area contributed by atoms with Crippen LogP contribution < -0.4 is 10.2 Å². The van der Waals surface area contributed by atoms with E-state index in [0.717, 1.165) is 31.6 Å². The van der Waals surface area contributed by atoms with Gasteiger partial charge in [0.05, 0.1) is 6.67 Å². The molecule has 2 heterocycles. The molecule has 2 aliphatic heterocycles. The van der Waals surface area contributed by atoms with Gasteiger partial charge in [-0.2, -0.15) is 0 Å². The summed E-state index contributed by atoms with van der Waals surface area (Å²) >= 11 is 0. The Morgan fingerprint density at radius 2 is 1.90 bits per heavy atom. The Kier molecular flexibility index (Phi) is 4.15.